The van der Waals surface area contributed by atoms with Crippen molar-refractivity contribution in [1.82, 2.24) is 10.2 Å². The Labute approximate surface area is 183 Å². The summed E-state index contributed by atoms with van der Waals surface area (Å²) in [5.41, 5.74) is 2.36. The highest BCUT2D eigenvalue weighted by molar-refractivity contribution is 5.83. The van der Waals surface area contributed by atoms with Crippen LogP contribution in [0.3, 0.4) is 0 Å². The molecule has 31 heavy (non-hydrogen) atoms. The highest BCUT2D eigenvalue weighted by atomic mass is 19.1. The molecule has 0 spiro atoms. The zero-order valence-electron chi connectivity index (χ0n) is 18.9. The average Bonchev–Trinajstić information content (AvgIpc) is 2.70. The summed E-state index contributed by atoms with van der Waals surface area (Å²) in [7, 11) is 0. The second-order valence-electron chi connectivity index (χ2n) is 9.32. The number of carbonyl (C=O) groups is 2. The van der Waals surface area contributed by atoms with Crippen molar-refractivity contribution in [1.29, 1.82) is 0 Å². The van der Waals surface area contributed by atoms with Gasteiger partial charge in [0.2, 0.25) is 5.91 Å². The van der Waals surface area contributed by atoms with Crippen LogP contribution in [0.2, 0.25) is 0 Å². The minimum absolute atomic E-state index is 0.0371. The standard InChI is InChI=1S/C25H31FN2O3/c1-16(2)27-22(29)15-31-20-11-8-17-12-13-28(24(30)25(3,4)5)23(21(17)14-20)18-6-9-19(26)10-7-18/h6-11,14,16,23H,12-13,15H2,1-5H3,(H,27,29). The molecule has 0 saturated carbocycles. The van der Waals surface area contributed by atoms with E-state index in [4.69, 9.17) is 4.74 Å². The topological polar surface area (TPSA) is 58.6 Å². The van der Waals surface area contributed by atoms with Gasteiger partial charge in [0.05, 0.1) is 6.04 Å². The van der Waals surface area contributed by atoms with E-state index < -0.39 is 5.41 Å². The molecule has 0 saturated heterocycles. The summed E-state index contributed by atoms with van der Waals surface area (Å²) >= 11 is 0. The normalized spacial score (nSPS) is 16.1. The van der Waals surface area contributed by atoms with Gasteiger partial charge in [-0.3, -0.25) is 9.59 Å². The van der Waals surface area contributed by atoms with E-state index in [1.807, 2.05) is 57.7 Å². The number of hydrogen-bond donors (Lipinski definition) is 1. The summed E-state index contributed by atoms with van der Waals surface area (Å²) in [4.78, 5) is 27.1. The van der Waals surface area contributed by atoms with Crippen LogP contribution in [0.15, 0.2) is 42.5 Å². The Morgan fingerprint density at radius 3 is 2.45 bits per heavy atom. The molecule has 0 aromatic heterocycles. The maximum atomic E-state index is 13.6. The monoisotopic (exact) mass is 426 g/mol. The number of fused-ring (bicyclic) bond motifs is 1. The van der Waals surface area contributed by atoms with Gasteiger partial charge in [0, 0.05) is 18.0 Å². The van der Waals surface area contributed by atoms with E-state index in [2.05, 4.69) is 5.32 Å². The van der Waals surface area contributed by atoms with Gasteiger partial charge in [0.25, 0.3) is 5.91 Å². The molecule has 2 amide bonds. The Kier molecular flexibility index (Phi) is 6.68. The molecule has 6 heteroatoms. The third-order valence-corrected chi connectivity index (χ3v) is 5.25. The number of hydrogen-bond acceptors (Lipinski definition) is 3. The maximum Gasteiger partial charge on any atom is 0.258 e. The van der Waals surface area contributed by atoms with Crippen LogP contribution < -0.4 is 10.1 Å². The van der Waals surface area contributed by atoms with Crippen molar-refractivity contribution in [3.63, 3.8) is 0 Å². The van der Waals surface area contributed by atoms with E-state index >= 15 is 0 Å². The minimum Gasteiger partial charge on any atom is -0.484 e. The largest absolute Gasteiger partial charge is 0.484 e. The molecule has 1 unspecified atom stereocenters. The average molecular weight is 427 g/mol. The first-order chi connectivity index (χ1) is 14.6. The molecule has 2 aromatic rings. The molecular weight excluding hydrogens is 395 g/mol. The highest BCUT2D eigenvalue weighted by Crippen LogP contribution is 2.39. The SMILES string of the molecule is CC(C)NC(=O)COc1ccc2c(c1)C(c1ccc(F)cc1)N(C(=O)C(C)(C)C)CC2. The molecule has 1 atom stereocenters. The van der Waals surface area contributed by atoms with Gasteiger partial charge in [-0.05, 0) is 61.2 Å². The third-order valence-electron chi connectivity index (χ3n) is 5.25. The molecular formula is C25H31FN2O3. The number of nitrogens with one attached hydrogen (secondary N) is 1. The molecule has 0 bridgehead atoms. The van der Waals surface area contributed by atoms with Crippen molar-refractivity contribution in [2.75, 3.05) is 13.2 Å². The van der Waals surface area contributed by atoms with Crippen LogP contribution in [0.4, 0.5) is 4.39 Å². The van der Waals surface area contributed by atoms with Crippen molar-refractivity contribution < 1.29 is 18.7 Å². The number of halogens is 1. The van der Waals surface area contributed by atoms with Gasteiger partial charge in [0.1, 0.15) is 11.6 Å². The Bertz CT molecular complexity index is 948. The van der Waals surface area contributed by atoms with Crippen LogP contribution in [-0.4, -0.2) is 35.9 Å². The van der Waals surface area contributed by atoms with Gasteiger partial charge in [-0.25, -0.2) is 4.39 Å². The molecule has 0 aliphatic carbocycles. The predicted octanol–water partition coefficient (Wildman–Crippen LogP) is 4.25. The fourth-order valence-corrected chi connectivity index (χ4v) is 3.85. The second-order valence-corrected chi connectivity index (χ2v) is 9.32. The first-order valence-corrected chi connectivity index (χ1v) is 10.7. The fraction of sp³-hybridized carbons (Fsp3) is 0.440. The van der Waals surface area contributed by atoms with Crippen molar-refractivity contribution in [3.05, 3.63) is 65.0 Å². The minimum atomic E-state index is -0.543. The molecule has 1 aliphatic rings. The lowest BCUT2D eigenvalue weighted by Crippen LogP contribution is -2.45. The quantitative estimate of drug-likeness (QED) is 0.778. The van der Waals surface area contributed by atoms with Crippen LogP contribution in [0, 0.1) is 11.2 Å². The number of ether oxygens (including phenoxy) is 1. The number of amides is 2. The molecule has 3 rings (SSSR count). The molecule has 166 valence electrons. The van der Waals surface area contributed by atoms with Gasteiger partial charge in [0.15, 0.2) is 6.61 Å². The van der Waals surface area contributed by atoms with Gasteiger partial charge in [-0.15, -0.1) is 0 Å². The molecule has 1 N–H and O–H groups in total. The van der Waals surface area contributed by atoms with Crippen LogP contribution in [0.5, 0.6) is 5.75 Å². The predicted molar refractivity (Wildman–Crippen MR) is 118 cm³/mol. The summed E-state index contributed by atoms with van der Waals surface area (Å²) in [6, 6.07) is 11.7. The molecule has 2 aromatic carbocycles. The van der Waals surface area contributed by atoms with E-state index in [-0.39, 0.29) is 36.3 Å². The Balaban J connectivity index is 1.96. The van der Waals surface area contributed by atoms with Crippen LogP contribution in [0.1, 0.15) is 57.4 Å². The van der Waals surface area contributed by atoms with E-state index in [0.29, 0.717) is 12.3 Å². The van der Waals surface area contributed by atoms with Gasteiger partial charge < -0.3 is 15.0 Å². The van der Waals surface area contributed by atoms with Crippen molar-refractivity contribution >= 4 is 11.8 Å². The van der Waals surface area contributed by atoms with Crippen molar-refractivity contribution in [2.45, 2.75) is 53.1 Å². The van der Waals surface area contributed by atoms with E-state index in [0.717, 1.165) is 23.1 Å². The molecule has 5 nitrogen and oxygen atoms in total. The molecule has 1 aliphatic heterocycles. The lowest BCUT2D eigenvalue weighted by Gasteiger charge is -2.41. The van der Waals surface area contributed by atoms with Gasteiger partial charge in [-0.1, -0.05) is 39.0 Å². The van der Waals surface area contributed by atoms with Crippen molar-refractivity contribution in [2.24, 2.45) is 5.41 Å². The Morgan fingerprint density at radius 1 is 1.16 bits per heavy atom. The highest BCUT2D eigenvalue weighted by Gasteiger charge is 2.37. The zero-order valence-corrected chi connectivity index (χ0v) is 18.9. The molecule has 1 heterocycles. The first-order valence-electron chi connectivity index (χ1n) is 10.7. The Morgan fingerprint density at radius 2 is 1.84 bits per heavy atom. The lowest BCUT2D eigenvalue weighted by molar-refractivity contribution is -0.141. The summed E-state index contributed by atoms with van der Waals surface area (Å²) in [6.45, 7) is 10.00. The number of rotatable bonds is 5. The molecule has 0 fully saturated rings. The first kappa shape index (κ1) is 22.8. The Hall–Kier alpha value is -2.89. The maximum absolute atomic E-state index is 13.6. The number of nitrogens with zero attached hydrogens (tertiary/aromatic N) is 1. The van der Waals surface area contributed by atoms with Crippen LogP contribution >= 0.6 is 0 Å². The fourth-order valence-electron chi connectivity index (χ4n) is 3.85. The summed E-state index contributed by atoms with van der Waals surface area (Å²) < 4.78 is 19.3. The lowest BCUT2D eigenvalue weighted by atomic mass is 9.85. The van der Waals surface area contributed by atoms with Gasteiger partial charge in [-0.2, -0.15) is 0 Å². The summed E-state index contributed by atoms with van der Waals surface area (Å²) in [6.07, 6.45) is 0.725. The van der Waals surface area contributed by atoms with E-state index in [9.17, 15) is 14.0 Å². The van der Waals surface area contributed by atoms with E-state index in [1.165, 1.54) is 12.1 Å². The van der Waals surface area contributed by atoms with E-state index in [1.54, 1.807) is 12.1 Å². The zero-order chi connectivity index (χ0) is 22.8. The van der Waals surface area contributed by atoms with Crippen LogP contribution in [0.25, 0.3) is 0 Å². The van der Waals surface area contributed by atoms with Gasteiger partial charge >= 0.3 is 0 Å². The number of benzene rings is 2. The second kappa shape index (κ2) is 9.08. The smallest absolute Gasteiger partial charge is 0.258 e. The third kappa shape index (κ3) is 5.43. The number of carbonyl (C=O) groups excluding carboxylic acids is 2. The van der Waals surface area contributed by atoms with Crippen molar-refractivity contribution in [3.8, 4) is 5.75 Å². The summed E-state index contributed by atoms with van der Waals surface area (Å²) in [5.74, 6) is 0.0963. The van der Waals surface area contributed by atoms with Crippen LogP contribution in [-0.2, 0) is 16.0 Å². The summed E-state index contributed by atoms with van der Waals surface area (Å²) in [5, 5.41) is 2.80. The molecule has 0 radical (unpaired) electrons.